The zero-order valence-corrected chi connectivity index (χ0v) is 9.32. The molecule has 0 atom stereocenters. The van der Waals surface area contributed by atoms with E-state index in [1.165, 1.54) is 0 Å². The summed E-state index contributed by atoms with van der Waals surface area (Å²) in [4.78, 5) is 0. The van der Waals surface area contributed by atoms with E-state index >= 15 is 0 Å². The normalized spacial score (nSPS) is 26.9. The highest BCUT2D eigenvalue weighted by molar-refractivity contribution is 14.1. The van der Waals surface area contributed by atoms with Crippen LogP contribution in [0.25, 0.3) is 0 Å². The van der Waals surface area contributed by atoms with Crippen LogP contribution in [-0.2, 0) is 9.47 Å². The molecule has 1 aliphatic rings. The SMILES string of the molecule is CC1OC(c2ccc(I)c(N)c2)O1. The summed E-state index contributed by atoms with van der Waals surface area (Å²) in [6, 6.07) is 5.81. The molecule has 4 heteroatoms. The fourth-order valence-corrected chi connectivity index (χ4v) is 1.56. The van der Waals surface area contributed by atoms with Gasteiger partial charge in [0.05, 0.1) is 0 Å². The lowest BCUT2D eigenvalue weighted by Gasteiger charge is -2.34. The van der Waals surface area contributed by atoms with E-state index in [2.05, 4.69) is 22.6 Å². The summed E-state index contributed by atoms with van der Waals surface area (Å²) in [5, 5.41) is 0. The highest BCUT2D eigenvalue weighted by Crippen LogP contribution is 2.32. The van der Waals surface area contributed by atoms with Gasteiger partial charge in [-0.3, -0.25) is 0 Å². The Labute approximate surface area is 90.3 Å². The van der Waals surface area contributed by atoms with Gasteiger partial charge in [0.2, 0.25) is 0 Å². The number of ether oxygens (including phenoxy) is 2. The predicted molar refractivity (Wildman–Crippen MR) is 57.9 cm³/mol. The first kappa shape index (κ1) is 9.23. The van der Waals surface area contributed by atoms with Crippen molar-refractivity contribution in [1.82, 2.24) is 0 Å². The Morgan fingerprint density at radius 3 is 2.62 bits per heavy atom. The smallest absolute Gasteiger partial charge is 0.189 e. The summed E-state index contributed by atoms with van der Waals surface area (Å²) in [5.74, 6) is 0. The molecule has 1 saturated heterocycles. The second kappa shape index (κ2) is 3.43. The maximum absolute atomic E-state index is 5.75. The topological polar surface area (TPSA) is 44.5 Å². The van der Waals surface area contributed by atoms with Crippen molar-refractivity contribution in [1.29, 1.82) is 0 Å². The van der Waals surface area contributed by atoms with Crippen LogP contribution in [0.5, 0.6) is 0 Å². The number of nitrogen functional groups attached to an aromatic ring is 1. The minimum atomic E-state index is -0.228. The fraction of sp³-hybridized carbons (Fsp3) is 0.333. The van der Waals surface area contributed by atoms with E-state index in [-0.39, 0.29) is 12.6 Å². The molecule has 70 valence electrons. The number of hydrogen-bond acceptors (Lipinski definition) is 3. The van der Waals surface area contributed by atoms with Crippen LogP contribution in [0.1, 0.15) is 18.8 Å². The van der Waals surface area contributed by atoms with Crippen LogP contribution in [0.2, 0.25) is 0 Å². The number of nitrogens with two attached hydrogens (primary N) is 1. The van der Waals surface area contributed by atoms with Crippen molar-refractivity contribution in [2.24, 2.45) is 0 Å². The molecule has 2 rings (SSSR count). The lowest BCUT2D eigenvalue weighted by molar-refractivity contribution is -0.382. The standard InChI is InChI=1S/C9H10INO2/c1-5-12-9(13-5)6-2-3-7(10)8(11)4-6/h2-5,9H,11H2,1H3. The molecule has 0 unspecified atom stereocenters. The molecule has 0 aromatic heterocycles. The second-order valence-electron chi connectivity index (χ2n) is 2.95. The van der Waals surface area contributed by atoms with Crippen molar-refractivity contribution < 1.29 is 9.47 Å². The van der Waals surface area contributed by atoms with Crippen molar-refractivity contribution in [3.8, 4) is 0 Å². The molecule has 0 radical (unpaired) electrons. The third-order valence-corrected chi connectivity index (χ3v) is 2.91. The van der Waals surface area contributed by atoms with Gasteiger partial charge in [-0.25, -0.2) is 0 Å². The average Bonchev–Trinajstić information content (AvgIpc) is 2.05. The first-order chi connectivity index (χ1) is 6.16. The van der Waals surface area contributed by atoms with Gasteiger partial charge in [0.15, 0.2) is 12.6 Å². The molecule has 0 amide bonds. The van der Waals surface area contributed by atoms with Crippen LogP contribution in [-0.4, -0.2) is 6.29 Å². The quantitative estimate of drug-likeness (QED) is 0.637. The van der Waals surface area contributed by atoms with Gasteiger partial charge < -0.3 is 15.2 Å². The van der Waals surface area contributed by atoms with E-state index in [1.54, 1.807) is 0 Å². The molecule has 0 bridgehead atoms. The van der Waals surface area contributed by atoms with Crippen molar-refractivity contribution in [2.45, 2.75) is 19.5 Å². The number of halogens is 1. The molecule has 2 N–H and O–H groups in total. The molecule has 0 aliphatic carbocycles. The summed E-state index contributed by atoms with van der Waals surface area (Å²) in [6.45, 7) is 1.87. The Morgan fingerprint density at radius 1 is 1.38 bits per heavy atom. The Kier molecular flexibility index (Phi) is 2.44. The molecule has 1 aromatic carbocycles. The first-order valence-electron chi connectivity index (χ1n) is 4.02. The van der Waals surface area contributed by atoms with Crippen LogP contribution in [0, 0.1) is 3.57 Å². The molecule has 3 nitrogen and oxygen atoms in total. The first-order valence-corrected chi connectivity index (χ1v) is 5.10. The van der Waals surface area contributed by atoms with Gasteiger partial charge in [-0.05, 0) is 41.6 Å². The number of benzene rings is 1. The van der Waals surface area contributed by atoms with Crippen molar-refractivity contribution in [3.63, 3.8) is 0 Å². The zero-order valence-electron chi connectivity index (χ0n) is 7.16. The molecular weight excluding hydrogens is 281 g/mol. The lowest BCUT2D eigenvalue weighted by Crippen LogP contribution is -2.31. The largest absolute Gasteiger partial charge is 0.398 e. The van der Waals surface area contributed by atoms with Gasteiger partial charge in [-0.2, -0.15) is 0 Å². The van der Waals surface area contributed by atoms with Gasteiger partial charge in [-0.15, -0.1) is 0 Å². The average molecular weight is 291 g/mol. The Hall–Kier alpha value is -0.330. The van der Waals surface area contributed by atoms with Crippen LogP contribution >= 0.6 is 22.6 Å². The predicted octanol–water partition coefficient (Wildman–Crippen LogP) is 2.26. The highest BCUT2D eigenvalue weighted by Gasteiger charge is 2.28. The third-order valence-electron chi connectivity index (χ3n) is 1.92. The van der Waals surface area contributed by atoms with Gasteiger partial charge in [-0.1, -0.05) is 6.07 Å². The van der Waals surface area contributed by atoms with E-state index in [4.69, 9.17) is 15.2 Å². The van der Waals surface area contributed by atoms with Crippen molar-refractivity contribution >= 4 is 28.3 Å². The van der Waals surface area contributed by atoms with Gasteiger partial charge in [0, 0.05) is 14.8 Å². The van der Waals surface area contributed by atoms with Crippen LogP contribution < -0.4 is 5.73 Å². The Morgan fingerprint density at radius 2 is 2.08 bits per heavy atom. The van der Waals surface area contributed by atoms with Gasteiger partial charge in [0.25, 0.3) is 0 Å². The summed E-state index contributed by atoms with van der Waals surface area (Å²) in [7, 11) is 0. The van der Waals surface area contributed by atoms with Crippen LogP contribution in [0.3, 0.4) is 0 Å². The van der Waals surface area contributed by atoms with Gasteiger partial charge >= 0.3 is 0 Å². The lowest BCUT2D eigenvalue weighted by atomic mass is 10.2. The maximum Gasteiger partial charge on any atom is 0.189 e. The fourth-order valence-electron chi connectivity index (χ4n) is 1.22. The number of anilines is 1. The number of rotatable bonds is 1. The second-order valence-corrected chi connectivity index (χ2v) is 4.11. The van der Waals surface area contributed by atoms with E-state index in [0.717, 1.165) is 14.8 Å². The minimum Gasteiger partial charge on any atom is -0.398 e. The molecule has 1 aliphatic heterocycles. The van der Waals surface area contributed by atoms with E-state index < -0.39 is 0 Å². The number of hydrogen-bond donors (Lipinski definition) is 1. The van der Waals surface area contributed by atoms with Crippen molar-refractivity contribution in [2.75, 3.05) is 5.73 Å². The van der Waals surface area contributed by atoms with Crippen LogP contribution in [0.15, 0.2) is 18.2 Å². The van der Waals surface area contributed by atoms with Crippen molar-refractivity contribution in [3.05, 3.63) is 27.3 Å². The van der Waals surface area contributed by atoms with Gasteiger partial charge in [0.1, 0.15) is 0 Å². The van der Waals surface area contributed by atoms with E-state index in [0.29, 0.717) is 0 Å². The van der Waals surface area contributed by atoms with Crippen LogP contribution in [0.4, 0.5) is 5.69 Å². The molecule has 1 aromatic rings. The van der Waals surface area contributed by atoms with E-state index in [1.807, 2.05) is 25.1 Å². The highest BCUT2D eigenvalue weighted by atomic mass is 127. The summed E-state index contributed by atoms with van der Waals surface area (Å²) in [5.41, 5.74) is 7.50. The summed E-state index contributed by atoms with van der Waals surface area (Å²) < 4.78 is 11.7. The summed E-state index contributed by atoms with van der Waals surface area (Å²) >= 11 is 2.19. The third kappa shape index (κ3) is 1.79. The summed E-state index contributed by atoms with van der Waals surface area (Å²) in [6.07, 6.45) is -0.320. The molecule has 1 heterocycles. The molecule has 0 spiro atoms. The molecule has 0 saturated carbocycles. The monoisotopic (exact) mass is 291 g/mol. The Balaban J connectivity index is 2.18. The van der Waals surface area contributed by atoms with E-state index in [9.17, 15) is 0 Å². The zero-order chi connectivity index (χ0) is 9.42. The molecule has 1 fully saturated rings. The Bertz CT molecular complexity index is 323. The minimum absolute atomic E-state index is 0.0921. The molecule has 13 heavy (non-hydrogen) atoms. The molecular formula is C9H10INO2. The maximum atomic E-state index is 5.75.